The lowest BCUT2D eigenvalue weighted by Gasteiger charge is -2.06. The maximum Gasteiger partial charge on any atom is 0.143 e. The van der Waals surface area contributed by atoms with Crippen molar-refractivity contribution < 1.29 is 0 Å². The van der Waals surface area contributed by atoms with Gasteiger partial charge in [-0.25, -0.2) is 9.97 Å². The minimum absolute atomic E-state index is 0.455. The molecule has 1 N–H and O–H groups in total. The van der Waals surface area contributed by atoms with Crippen LogP contribution in [0, 0.1) is 0 Å². The van der Waals surface area contributed by atoms with Gasteiger partial charge in [0, 0.05) is 0 Å². The van der Waals surface area contributed by atoms with Crippen molar-refractivity contribution in [1.29, 1.82) is 0 Å². The van der Waals surface area contributed by atoms with Crippen LogP contribution in [0.5, 0.6) is 0 Å². The van der Waals surface area contributed by atoms with Gasteiger partial charge in [0.1, 0.15) is 9.76 Å². The minimum Gasteiger partial charge on any atom is -0.378 e. The second kappa shape index (κ2) is 5.80. The molecule has 2 aromatic rings. The van der Waals surface area contributed by atoms with Gasteiger partial charge in [-0.2, -0.15) is 0 Å². The number of halogens is 3. The van der Waals surface area contributed by atoms with E-state index in [2.05, 4.69) is 47.1 Å². The highest BCUT2D eigenvalue weighted by Gasteiger charge is 2.01. The Morgan fingerprint density at radius 2 is 2.12 bits per heavy atom. The van der Waals surface area contributed by atoms with E-state index in [0.29, 0.717) is 11.7 Å². The van der Waals surface area contributed by atoms with E-state index in [9.17, 15) is 0 Å². The highest BCUT2D eigenvalue weighted by molar-refractivity contribution is 9.10. The summed E-state index contributed by atoms with van der Waals surface area (Å²) in [5, 5.41) is 3.68. The number of nitrogens with one attached hydrogen (secondary N) is 1. The lowest BCUT2D eigenvalue weighted by molar-refractivity contribution is 1.03. The smallest absolute Gasteiger partial charge is 0.143 e. The molecule has 0 aliphatic heterocycles. The Kier molecular flexibility index (Phi) is 4.36. The third kappa shape index (κ3) is 3.66. The van der Waals surface area contributed by atoms with Crippen LogP contribution in [0.1, 0.15) is 5.69 Å². The number of anilines is 1. The highest BCUT2D eigenvalue weighted by atomic mass is 79.9. The Morgan fingerprint density at radius 1 is 1.29 bits per heavy atom. The Balaban J connectivity index is 2.05. The second-order valence-corrected chi connectivity index (χ2v) is 5.33. The quantitative estimate of drug-likeness (QED) is 0.812. The molecule has 0 aromatic carbocycles. The first-order valence-electron chi connectivity index (χ1n) is 4.81. The molecule has 0 spiro atoms. The molecular formula is C11H8Br2ClN3. The van der Waals surface area contributed by atoms with Gasteiger partial charge < -0.3 is 5.32 Å². The van der Waals surface area contributed by atoms with Crippen molar-refractivity contribution in [3.05, 3.63) is 50.4 Å². The Morgan fingerprint density at radius 3 is 2.82 bits per heavy atom. The zero-order chi connectivity index (χ0) is 12.3. The van der Waals surface area contributed by atoms with Crippen LogP contribution in [-0.4, -0.2) is 9.97 Å². The average Bonchev–Trinajstić information content (AvgIpc) is 2.31. The third-order valence-electron chi connectivity index (χ3n) is 2.04. The van der Waals surface area contributed by atoms with Crippen molar-refractivity contribution in [2.75, 3.05) is 5.32 Å². The monoisotopic (exact) mass is 375 g/mol. The summed E-state index contributed by atoms with van der Waals surface area (Å²) in [7, 11) is 0. The minimum atomic E-state index is 0.455. The van der Waals surface area contributed by atoms with Crippen LogP contribution in [0.2, 0.25) is 5.15 Å². The van der Waals surface area contributed by atoms with Gasteiger partial charge in [-0.15, -0.1) is 0 Å². The molecule has 0 bridgehead atoms. The predicted octanol–water partition coefficient (Wildman–Crippen LogP) is 4.27. The Bertz CT molecular complexity index is 534. The molecule has 88 valence electrons. The Labute approximate surface area is 121 Å². The van der Waals surface area contributed by atoms with Crippen LogP contribution >= 0.6 is 43.5 Å². The molecule has 3 nitrogen and oxygen atoms in total. The first-order valence-corrected chi connectivity index (χ1v) is 6.78. The van der Waals surface area contributed by atoms with E-state index in [1.54, 1.807) is 6.20 Å². The summed E-state index contributed by atoms with van der Waals surface area (Å²) in [6.07, 6.45) is 1.69. The molecule has 0 aliphatic carbocycles. The van der Waals surface area contributed by atoms with Gasteiger partial charge in [-0.1, -0.05) is 17.7 Å². The normalized spacial score (nSPS) is 10.3. The average molecular weight is 377 g/mol. The molecule has 0 atom stereocenters. The van der Waals surface area contributed by atoms with Crippen LogP contribution in [0.4, 0.5) is 5.69 Å². The van der Waals surface area contributed by atoms with E-state index in [1.165, 1.54) is 0 Å². The highest BCUT2D eigenvalue weighted by Crippen LogP contribution is 2.23. The summed E-state index contributed by atoms with van der Waals surface area (Å²) >= 11 is 12.5. The lowest BCUT2D eigenvalue weighted by Crippen LogP contribution is -2.02. The molecule has 0 saturated carbocycles. The van der Waals surface area contributed by atoms with Crippen LogP contribution in [0.3, 0.4) is 0 Å². The van der Waals surface area contributed by atoms with Gasteiger partial charge in [-0.05, 0) is 50.1 Å². The first-order chi connectivity index (χ1) is 8.15. The van der Waals surface area contributed by atoms with Crippen molar-refractivity contribution >= 4 is 49.1 Å². The number of nitrogens with zero attached hydrogens (tertiary/aromatic N) is 2. The van der Waals surface area contributed by atoms with E-state index in [1.807, 2.05) is 24.3 Å². The van der Waals surface area contributed by atoms with Crippen molar-refractivity contribution in [2.45, 2.75) is 6.54 Å². The molecule has 6 heteroatoms. The summed E-state index contributed by atoms with van der Waals surface area (Å²) in [4.78, 5) is 8.36. The molecular weight excluding hydrogens is 369 g/mol. The molecule has 2 rings (SSSR count). The zero-order valence-corrected chi connectivity index (χ0v) is 12.6. The SMILES string of the molecule is Clc1ncc(NCc2cccc(Br)n2)cc1Br. The summed E-state index contributed by atoms with van der Waals surface area (Å²) < 4.78 is 1.60. The van der Waals surface area contributed by atoms with Crippen molar-refractivity contribution in [3.63, 3.8) is 0 Å². The van der Waals surface area contributed by atoms with Gasteiger partial charge in [-0.3, -0.25) is 0 Å². The standard InChI is InChI=1S/C11H8Br2ClN3/c12-9-4-8(6-16-11(9)14)15-5-7-2-1-3-10(13)17-7/h1-4,6,15H,5H2. The molecule has 2 heterocycles. The molecule has 0 unspecified atom stereocenters. The summed E-state index contributed by atoms with van der Waals surface area (Å²) in [5.74, 6) is 0. The van der Waals surface area contributed by atoms with Crippen molar-refractivity contribution in [1.82, 2.24) is 9.97 Å². The fourth-order valence-electron chi connectivity index (χ4n) is 1.26. The maximum atomic E-state index is 5.81. The third-order valence-corrected chi connectivity index (χ3v) is 3.62. The van der Waals surface area contributed by atoms with E-state index in [-0.39, 0.29) is 0 Å². The molecule has 17 heavy (non-hydrogen) atoms. The van der Waals surface area contributed by atoms with E-state index >= 15 is 0 Å². The molecule has 0 saturated heterocycles. The molecule has 0 fully saturated rings. The molecule has 0 amide bonds. The lowest BCUT2D eigenvalue weighted by atomic mass is 10.3. The van der Waals surface area contributed by atoms with Crippen LogP contribution in [-0.2, 0) is 6.54 Å². The van der Waals surface area contributed by atoms with Crippen LogP contribution < -0.4 is 5.32 Å². The van der Waals surface area contributed by atoms with Gasteiger partial charge in [0.2, 0.25) is 0 Å². The van der Waals surface area contributed by atoms with Crippen molar-refractivity contribution in [3.8, 4) is 0 Å². The Hall–Kier alpha value is -0.650. The molecule has 2 aromatic heterocycles. The number of aromatic nitrogens is 2. The zero-order valence-electron chi connectivity index (χ0n) is 8.62. The summed E-state index contributed by atoms with van der Waals surface area (Å²) in [6, 6.07) is 7.68. The van der Waals surface area contributed by atoms with Crippen LogP contribution in [0.15, 0.2) is 39.5 Å². The van der Waals surface area contributed by atoms with Gasteiger partial charge in [0.25, 0.3) is 0 Å². The van der Waals surface area contributed by atoms with Gasteiger partial charge in [0.05, 0.1) is 28.6 Å². The number of hydrogen-bond donors (Lipinski definition) is 1. The van der Waals surface area contributed by atoms with E-state index in [4.69, 9.17) is 11.6 Å². The number of hydrogen-bond acceptors (Lipinski definition) is 3. The fourth-order valence-corrected chi connectivity index (χ4v) is 2.09. The second-order valence-electron chi connectivity index (χ2n) is 3.30. The molecule has 0 aliphatic rings. The maximum absolute atomic E-state index is 5.81. The van der Waals surface area contributed by atoms with E-state index in [0.717, 1.165) is 20.5 Å². The number of pyridine rings is 2. The largest absolute Gasteiger partial charge is 0.378 e. The predicted molar refractivity (Wildman–Crippen MR) is 76.2 cm³/mol. The molecule has 0 radical (unpaired) electrons. The van der Waals surface area contributed by atoms with Crippen LogP contribution in [0.25, 0.3) is 0 Å². The van der Waals surface area contributed by atoms with E-state index < -0.39 is 0 Å². The fraction of sp³-hybridized carbons (Fsp3) is 0.0909. The van der Waals surface area contributed by atoms with Gasteiger partial charge >= 0.3 is 0 Å². The summed E-state index contributed by atoms with van der Waals surface area (Å²) in [5.41, 5.74) is 1.84. The topological polar surface area (TPSA) is 37.8 Å². The number of rotatable bonds is 3. The van der Waals surface area contributed by atoms with Gasteiger partial charge in [0.15, 0.2) is 0 Å². The van der Waals surface area contributed by atoms with Crippen molar-refractivity contribution in [2.24, 2.45) is 0 Å². The first kappa shape index (κ1) is 12.8. The summed E-state index contributed by atoms with van der Waals surface area (Å²) in [6.45, 7) is 0.634.